The van der Waals surface area contributed by atoms with Crippen molar-refractivity contribution in [2.75, 3.05) is 10.6 Å². The van der Waals surface area contributed by atoms with Crippen molar-refractivity contribution in [3.63, 3.8) is 0 Å². The molecule has 0 aromatic heterocycles. The van der Waals surface area contributed by atoms with Gasteiger partial charge in [-0.25, -0.2) is 19.2 Å². The number of ether oxygens (including phenoxy) is 4. The third-order valence-electron chi connectivity index (χ3n) is 6.39. The third-order valence-corrected chi connectivity index (χ3v) is 6.39. The Morgan fingerprint density at radius 1 is 0.730 bits per heavy atom. The first-order valence-corrected chi connectivity index (χ1v) is 12.5. The Kier molecular flexibility index (Phi) is 10.1. The lowest BCUT2D eigenvalue weighted by Crippen LogP contribution is -2.38. The van der Waals surface area contributed by atoms with Gasteiger partial charge in [0, 0.05) is 23.5 Å². The fourth-order valence-electron chi connectivity index (χ4n) is 4.46. The van der Waals surface area contributed by atoms with E-state index in [-0.39, 0.29) is 0 Å². The molecule has 1 aromatic carbocycles. The maximum absolute atomic E-state index is 12.6. The van der Waals surface area contributed by atoms with E-state index in [0.29, 0.717) is 37.1 Å². The van der Waals surface area contributed by atoms with Crippen LogP contribution in [0.1, 0.15) is 56.9 Å². The first kappa shape index (κ1) is 27.8. The molecule has 2 saturated carbocycles. The van der Waals surface area contributed by atoms with E-state index in [2.05, 4.69) is 23.8 Å². The van der Waals surface area contributed by atoms with Crippen molar-refractivity contribution >= 4 is 35.5 Å². The molecule has 2 N–H and O–H groups in total. The van der Waals surface area contributed by atoms with Gasteiger partial charge in [-0.15, -0.1) is 0 Å². The van der Waals surface area contributed by atoms with E-state index in [9.17, 15) is 19.2 Å². The average Bonchev–Trinajstić information content (AvgIpc) is 2.88. The van der Waals surface area contributed by atoms with Crippen LogP contribution in [0.2, 0.25) is 0 Å². The third kappa shape index (κ3) is 8.37. The summed E-state index contributed by atoms with van der Waals surface area (Å²) in [6.07, 6.45) is 4.44. The topological polar surface area (TPSA) is 129 Å². The Morgan fingerprint density at radius 3 is 1.62 bits per heavy atom. The summed E-state index contributed by atoms with van der Waals surface area (Å²) < 4.78 is 21.8. The van der Waals surface area contributed by atoms with Gasteiger partial charge in [-0.05, 0) is 76.0 Å². The first-order chi connectivity index (χ1) is 17.8. The number of carbonyl (C=O) groups excluding carboxylic acids is 4. The van der Waals surface area contributed by atoms with Gasteiger partial charge in [0.05, 0.1) is 0 Å². The minimum atomic E-state index is -0.696. The normalized spacial score (nSPS) is 23.1. The lowest BCUT2D eigenvalue weighted by Gasteiger charge is -2.30. The van der Waals surface area contributed by atoms with Crippen LogP contribution >= 0.6 is 0 Å². The molecule has 200 valence electrons. The highest BCUT2D eigenvalue weighted by Crippen LogP contribution is 2.27. The zero-order valence-corrected chi connectivity index (χ0v) is 21.0. The van der Waals surface area contributed by atoms with Gasteiger partial charge in [0.1, 0.15) is 24.4 Å². The number of aryl methyl sites for hydroxylation is 1. The molecule has 2 aliphatic carbocycles. The molecule has 10 heteroatoms. The van der Waals surface area contributed by atoms with Crippen LogP contribution in [-0.4, -0.2) is 48.5 Å². The first-order valence-electron chi connectivity index (χ1n) is 12.5. The number of rotatable bonds is 8. The number of benzene rings is 1. The van der Waals surface area contributed by atoms with Crippen molar-refractivity contribution < 1.29 is 38.1 Å². The van der Waals surface area contributed by atoms with Gasteiger partial charge >= 0.3 is 24.1 Å². The van der Waals surface area contributed by atoms with Crippen LogP contribution < -0.4 is 10.6 Å². The maximum atomic E-state index is 12.6. The summed E-state index contributed by atoms with van der Waals surface area (Å²) in [6.45, 7) is 8.60. The summed E-state index contributed by atoms with van der Waals surface area (Å²) in [5, 5.41) is 5.35. The van der Waals surface area contributed by atoms with E-state index in [1.54, 1.807) is 25.1 Å². The summed E-state index contributed by atoms with van der Waals surface area (Å²) in [4.78, 5) is 48.4. The quantitative estimate of drug-likeness (QED) is 0.276. The molecule has 10 nitrogen and oxygen atoms in total. The monoisotopic (exact) mass is 514 g/mol. The molecule has 2 fully saturated rings. The van der Waals surface area contributed by atoms with Crippen molar-refractivity contribution in [2.45, 2.75) is 82.7 Å². The summed E-state index contributed by atoms with van der Waals surface area (Å²) in [6, 6.07) is 4.99. The van der Waals surface area contributed by atoms with Crippen LogP contribution in [0.4, 0.5) is 21.0 Å². The van der Waals surface area contributed by atoms with Gasteiger partial charge in [0.25, 0.3) is 0 Å². The SMILES string of the molecule is C=CC(=O)OC1CCCCC1OC(=O)Nc1ccc(C)c(NC(=O)OC2CCCCC2OC(=O)C=C)c1. The van der Waals surface area contributed by atoms with Gasteiger partial charge in [0.15, 0.2) is 0 Å². The lowest BCUT2D eigenvalue weighted by molar-refractivity contribution is -0.152. The van der Waals surface area contributed by atoms with E-state index in [0.717, 1.165) is 43.4 Å². The number of esters is 2. The highest BCUT2D eigenvalue weighted by molar-refractivity contribution is 5.90. The van der Waals surface area contributed by atoms with Gasteiger partial charge in [-0.3, -0.25) is 10.6 Å². The summed E-state index contributed by atoms with van der Waals surface area (Å²) >= 11 is 0. The van der Waals surface area contributed by atoms with Crippen molar-refractivity contribution in [1.29, 1.82) is 0 Å². The van der Waals surface area contributed by atoms with E-state index < -0.39 is 48.5 Å². The molecular formula is C27H34N2O8. The Labute approximate surface area is 216 Å². The zero-order valence-electron chi connectivity index (χ0n) is 21.0. The molecule has 0 bridgehead atoms. The minimum Gasteiger partial charge on any atom is -0.455 e. The number of hydrogen-bond donors (Lipinski definition) is 2. The van der Waals surface area contributed by atoms with Crippen molar-refractivity contribution in [1.82, 2.24) is 0 Å². The fourth-order valence-corrected chi connectivity index (χ4v) is 4.46. The molecule has 4 atom stereocenters. The predicted octanol–water partition coefficient (Wildman–Crippen LogP) is 5.17. The van der Waals surface area contributed by atoms with E-state index in [4.69, 9.17) is 18.9 Å². The van der Waals surface area contributed by atoms with Crippen LogP contribution in [0.5, 0.6) is 0 Å². The van der Waals surface area contributed by atoms with Gasteiger partial charge in [0.2, 0.25) is 0 Å². The van der Waals surface area contributed by atoms with E-state index >= 15 is 0 Å². The predicted molar refractivity (Wildman–Crippen MR) is 136 cm³/mol. The second-order valence-corrected chi connectivity index (χ2v) is 9.10. The average molecular weight is 515 g/mol. The van der Waals surface area contributed by atoms with Crippen LogP contribution in [0.15, 0.2) is 43.5 Å². The molecule has 4 unspecified atom stereocenters. The Balaban J connectivity index is 1.58. The summed E-state index contributed by atoms with van der Waals surface area (Å²) in [5.41, 5.74) is 1.59. The van der Waals surface area contributed by atoms with Crippen molar-refractivity contribution in [3.8, 4) is 0 Å². The maximum Gasteiger partial charge on any atom is 0.412 e. The Morgan fingerprint density at radius 2 is 1.16 bits per heavy atom. The molecule has 0 spiro atoms. The number of hydrogen-bond acceptors (Lipinski definition) is 8. The molecular weight excluding hydrogens is 480 g/mol. The van der Waals surface area contributed by atoms with Gasteiger partial charge < -0.3 is 18.9 Å². The van der Waals surface area contributed by atoms with Crippen LogP contribution in [0, 0.1) is 6.92 Å². The molecule has 0 saturated heterocycles. The summed E-state index contributed by atoms with van der Waals surface area (Å²) in [5.74, 6) is -1.11. The van der Waals surface area contributed by atoms with Crippen LogP contribution in [0.25, 0.3) is 0 Å². The van der Waals surface area contributed by atoms with E-state index in [1.165, 1.54) is 0 Å². The number of carbonyl (C=O) groups is 4. The fraction of sp³-hybridized carbons (Fsp3) is 0.481. The second-order valence-electron chi connectivity index (χ2n) is 9.10. The minimum absolute atomic E-state index is 0.400. The van der Waals surface area contributed by atoms with E-state index in [1.807, 2.05) is 0 Å². The molecule has 1 aromatic rings. The molecule has 2 amide bonds. The van der Waals surface area contributed by atoms with Crippen molar-refractivity contribution in [2.24, 2.45) is 0 Å². The molecule has 37 heavy (non-hydrogen) atoms. The summed E-state index contributed by atoms with van der Waals surface area (Å²) in [7, 11) is 0. The van der Waals surface area contributed by atoms with Gasteiger partial charge in [-0.1, -0.05) is 19.2 Å². The van der Waals surface area contributed by atoms with Crippen molar-refractivity contribution in [3.05, 3.63) is 49.1 Å². The lowest BCUT2D eigenvalue weighted by atomic mass is 9.94. The zero-order chi connectivity index (χ0) is 26.8. The molecule has 0 heterocycles. The van der Waals surface area contributed by atoms with Gasteiger partial charge in [-0.2, -0.15) is 0 Å². The second kappa shape index (κ2) is 13.5. The Bertz CT molecular complexity index is 1020. The number of amides is 2. The number of anilines is 2. The largest absolute Gasteiger partial charge is 0.455 e. The van der Waals surface area contributed by atoms with Crippen LogP contribution in [-0.2, 0) is 28.5 Å². The number of nitrogens with one attached hydrogen (secondary N) is 2. The molecule has 0 aliphatic heterocycles. The highest BCUT2D eigenvalue weighted by atomic mass is 16.6. The molecule has 2 aliphatic rings. The highest BCUT2D eigenvalue weighted by Gasteiger charge is 2.32. The molecule has 3 rings (SSSR count). The smallest absolute Gasteiger partial charge is 0.412 e. The molecule has 0 radical (unpaired) electrons. The standard InChI is InChI=1S/C27H34N2O8/c1-4-24(30)34-20-10-6-8-12-22(20)36-26(32)28-18-15-14-17(3)19(16-18)29-27(33)37-23-13-9-7-11-21(23)35-25(31)5-2/h4-5,14-16,20-23H,1-2,6-13H2,3H3,(H,28,32)(H,29,33). The Hall–Kier alpha value is -3.82. The van der Waals surface area contributed by atoms with Crippen LogP contribution in [0.3, 0.4) is 0 Å².